The molecule has 0 aromatic heterocycles. The number of nitrogens with zero attached hydrogens (tertiary/aromatic N) is 2. The second-order valence-corrected chi connectivity index (χ2v) is 9.78. The third-order valence-corrected chi connectivity index (χ3v) is 7.41. The smallest absolute Gasteiger partial charge is 0.233 e. The maximum Gasteiger partial charge on any atom is 0.233 e. The van der Waals surface area contributed by atoms with E-state index >= 15 is 0 Å². The number of quaternary nitrogens is 1. The van der Waals surface area contributed by atoms with E-state index in [4.69, 9.17) is 0 Å². The highest BCUT2D eigenvalue weighted by molar-refractivity contribution is 6.05. The van der Waals surface area contributed by atoms with Crippen molar-refractivity contribution in [1.82, 2.24) is 9.80 Å². The lowest BCUT2D eigenvalue weighted by Crippen LogP contribution is -3.13. The number of carbonyl (C=O) groups excluding carboxylic acids is 3. The van der Waals surface area contributed by atoms with Gasteiger partial charge in [-0.2, -0.15) is 0 Å². The summed E-state index contributed by atoms with van der Waals surface area (Å²) in [7, 11) is 0. The standard InChI is InChI=1S/C25H35N3O3/c1-18(2)20-9-7-19(8-10-20)17-26-13-15-27(16-14-26)23(29)11-12-28-24(30)21-5-3-4-6-22(21)25(28)31/h7-10,18,21-22H,3-6,11-17H2,1-2H3/p+1/t21-,22-/m0/s1. The number of hydrogen-bond donors (Lipinski definition) is 1. The van der Waals surface area contributed by atoms with Crippen molar-refractivity contribution in [2.24, 2.45) is 11.8 Å². The highest BCUT2D eigenvalue weighted by Crippen LogP contribution is 2.38. The van der Waals surface area contributed by atoms with Gasteiger partial charge >= 0.3 is 0 Å². The molecule has 0 unspecified atom stereocenters. The summed E-state index contributed by atoms with van der Waals surface area (Å²) in [6.45, 7) is 9.00. The van der Waals surface area contributed by atoms with Gasteiger partial charge in [-0.05, 0) is 24.3 Å². The first-order valence-corrected chi connectivity index (χ1v) is 12.0. The fourth-order valence-corrected chi connectivity index (χ4v) is 5.38. The number of piperazine rings is 1. The van der Waals surface area contributed by atoms with E-state index in [0.717, 1.165) is 58.4 Å². The largest absolute Gasteiger partial charge is 0.331 e. The van der Waals surface area contributed by atoms with Crippen molar-refractivity contribution in [3.05, 3.63) is 35.4 Å². The average Bonchev–Trinajstić information content (AvgIpc) is 3.03. The number of nitrogens with one attached hydrogen (secondary N) is 1. The number of carbonyl (C=O) groups is 3. The van der Waals surface area contributed by atoms with E-state index in [0.29, 0.717) is 5.92 Å². The molecule has 3 fully saturated rings. The SMILES string of the molecule is CC(C)c1ccc(C[NH+]2CCN(C(=O)CCN3C(=O)[C@H]4CCCC[C@@H]4C3=O)CC2)cc1. The molecule has 2 saturated heterocycles. The Kier molecular flexibility index (Phi) is 6.75. The minimum atomic E-state index is -0.127. The lowest BCUT2D eigenvalue weighted by atomic mass is 9.81. The Morgan fingerprint density at radius 2 is 1.58 bits per heavy atom. The van der Waals surface area contributed by atoms with Gasteiger partial charge in [0.25, 0.3) is 0 Å². The molecule has 0 spiro atoms. The van der Waals surface area contributed by atoms with Crippen LogP contribution in [0.4, 0.5) is 0 Å². The summed E-state index contributed by atoms with van der Waals surface area (Å²) < 4.78 is 0. The van der Waals surface area contributed by atoms with Crippen molar-refractivity contribution in [1.29, 1.82) is 0 Å². The van der Waals surface area contributed by atoms with Gasteiger partial charge < -0.3 is 9.80 Å². The molecule has 0 bridgehead atoms. The molecule has 1 aromatic rings. The number of likely N-dealkylation sites (tertiary alicyclic amines) is 1. The van der Waals surface area contributed by atoms with Crippen LogP contribution in [0.2, 0.25) is 0 Å². The molecule has 3 amide bonds. The van der Waals surface area contributed by atoms with Crippen LogP contribution in [0.25, 0.3) is 0 Å². The molecular formula is C25H36N3O3+. The Balaban J connectivity index is 1.22. The summed E-state index contributed by atoms with van der Waals surface area (Å²) in [5, 5.41) is 0. The molecule has 6 heteroatoms. The van der Waals surface area contributed by atoms with Crippen LogP contribution < -0.4 is 4.90 Å². The van der Waals surface area contributed by atoms with Crippen LogP contribution in [-0.2, 0) is 20.9 Å². The second-order valence-electron chi connectivity index (χ2n) is 9.78. The van der Waals surface area contributed by atoms with Crippen LogP contribution in [0.1, 0.15) is 63.0 Å². The van der Waals surface area contributed by atoms with Gasteiger partial charge in [0.1, 0.15) is 6.54 Å². The van der Waals surface area contributed by atoms with E-state index in [1.54, 1.807) is 0 Å². The fraction of sp³-hybridized carbons (Fsp3) is 0.640. The molecule has 168 valence electrons. The van der Waals surface area contributed by atoms with Gasteiger partial charge in [0.2, 0.25) is 17.7 Å². The van der Waals surface area contributed by atoms with Crippen LogP contribution in [0, 0.1) is 11.8 Å². The monoisotopic (exact) mass is 426 g/mol. The van der Waals surface area contributed by atoms with E-state index in [2.05, 4.69) is 38.1 Å². The molecule has 2 atom stereocenters. The Morgan fingerprint density at radius 1 is 1.00 bits per heavy atom. The lowest BCUT2D eigenvalue weighted by molar-refractivity contribution is -0.917. The van der Waals surface area contributed by atoms with Crippen molar-refractivity contribution in [2.75, 3.05) is 32.7 Å². The van der Waals surface area contributed by atoms with Gasteiger partial charge in [-0.3, -0.25) is 19.3 Å². The van der Waals surface area contributed by atoms with Crippen molar-refractivity contribution in [2.45, 2.75) is 58.4 Å². The molecule has 1 N–H and O–H groups in total. The number of fused-ring (bicyclic) bond motifs is 1. The Hall–Kier alpha value is -2.21. The zero-order chi connectivity index (χ0) is 22.0. The molecule has 1 saturated carbocycles. The fourth-order valence-electron chi connectivity index (χ4n) is 5.38. The van der Waals surface area contributed by atoms with Gasteiger partial charge in [-0.15, -0.1) is 0 Å². The maximum atomic E-state index is 12.7. The van der Waals surface area contributed by atoms with Crippen LogP contribution in [0.5, 0.6) is 0 Å². The Bertz CT molecular complexity index is 788. The molecule has 2 heterocycles. The normalized spacial score (nSPS) is 24.7. The van der Waals surface area contributed by atoms with Crippen LogP contribution in [-0.4, -0.2) is 60.2 Å². The molecule has 1 aliphatic carbocycles. The highest BCUT2D eigenvalue weighted by atomic mass is 16.2. The second kappa shape index (κ2) is 9.51. The molecule has 4 rings (SSSR count). The molecule has 1 aromatic carbocycles. The summed E-state index contributed by atoms with van der Waals surface area (Å²) in [4.78, 5) is 42.7. The first kappa shape index (κ1) is 22.0. The van der Waals surface area contributed by atoms with Crippen molar-refractivity contribution in [3.8, 4) is 0 Å². The van der Waals surface area contributed by atoms with Gasteiger partial charge in [0.05, 0.1) is 38.0 Å². The first-order valence-electron chi connectivity index (χ1n) is 12.0. The van der Waals surface area contributed by atoms with Gasteiger partial charge in [-0.25, -0.2) is 0 Å². The highest BCUT2D eigenvalue weighted by Gasteiger charge is 2.47. The number of rotatable bonds is 6. The average molecular weight is 427 g/mol. The van der Waals surface area contributed by atoms with Crippen LogP contribution in [0.15, 0.2) is 24.3 Å². The Morgan fingerprint density at radius 3 is 2.13 bits per heavy atom. The minimum Gasteiger partial charge on any atom is -0.331 e. The third-order valence-electron chi connectivity index (χ3n) is 7.41. The van der Waals surface area contributed by atoms with Gasteiger partial charge in [0.15, 0.2) is 0 Å². The van der Waals surface area contributed by atoms with E-state index in [1.165, 1.54) is 20.9 Å². The summed E-state index contributed by atoms with van der Waals surface area (Å²) >= 11 is 0. The van der Waals surface area contributed by atoms with E-state index in [1.807, 2.05) is 4.90 Å². The van der Waals surface area contributed by atoms with E-state index in [9.17, 15) is 14.4 Å². The molecule has 0 radical (unpaired) electrons. The maximum absolute atomic E-state index is 12.7. The first-order chi connectivity index (χ1) is 14.9. The van der Waals surface area contributed by atoms with Gasteiger partial charge in [-0.1, -0.05) is 51.0 Å². The molecule has 6 nitrogen and oxygen atoms in total. The van der Waals surface area contributed by atoms with Crippen LogP contribution >= 0.6 is 0 Å². The Labute approximate surface area is 185 Å². The summed E-state index contributed by atoms with van der Waals surface area (Å²) in [5.41, 5.74) is 2.70. The molecular weight excluding hydrogens is 390 g/mol. The zero-order valence-corrected chi connectivity index (χ0v) is 18.9. The number of imide groups is 1. The zero-order valence-electron chi connectivity index (χ0n) is 18.9. The molecule has 2 aliphatic heterocycles. The van der Waals surface area contributed by atoms with Crippen molar-refractivity contribution in [3.63, 3.8) is 0 Å². The molecule has 31 heavy (non-hydrogen) atoms. The summed E-state index contributed by atoms with van der Waals surface area (Å²) in [6.07, 6.45) is 3.96. The van der Waals surface area contributed by atoms with Crippen LogP contribution in [0.3, 0.4) is 0 Å². The number of hydrogen-bond acceptors (Lipinski definition) is 3. The van der Waals surface area contributed by atoms with E-state index in [-0.39, 0.29) is 42.5 Å². The number of amides is 3. The third kappa shape index (κ3) is 4.84. The van der Waals surface area contributed by atoms with Crippen molar-refractivity contribution >= 4 is 17.7 Å². The molecule has 3 aliphatic rings. The predicted octanol–water partition coefficient (Wildman–Crippen LogP) is 1.60. The minimum absolute atomic E-state index is 0.0414. The van der Waals surface area contributed by atoms with E-state index < -0.39 is 0 Å². The van der Waals surface area contributed by atoms with Crippen molar-refractivity contribution < 1.29 is 19.3 Å². The number of benzene rings is 1. The quantitative estimate of drug-likeness (QED) is 0.703. The topological polar surface area (TPSA) is 62.1 Å². The summed E-state index contributed by atoms with van der Waals surface area (Å²) in [5.74, 6) is 0.277. The summed E-state index contributed by atoms with van der Waals surface area (Å²) in [6, 6.07) is 8.88. The lowest BCUT2D eigenvalue weighted by Gasteiger charge is -2.32. The predicted molar refractivity (Wildman–Crippen MR) is 118 cm³/mol. The van der Waals surface area contributed by atoms with Gasteiger partial charge in [0, 0.05) is 18.5 Å².